The number of thiazole rings is 1. The quantitative estimate of drug-likeness (QED) is 0.0393. The second-order valence-electron chi connectivity index (χ2n) is 14.2. The van der Waals surface area contributed by atoms with Gasteiger partial charge in [-0.25, -0.2) is 14.6 Å². The third kappa shape index (κ3) is 7.00. The molecule has 5 aliphatic rings. The van der Waals surface area contributed by atoms with Crippen molar-refractivity contribution in [1.82, 2.24) is 14.8 Å². The van der Waals surface area contributed by atoms with Crippen molar-refractivity contribution in [3.05, 3.63) is 45.1 Å². The van der Waals surface area contributed by atoms with E-state index in [9.17, 15) is 49.2 Å². The largest absolute Gasteiger partial charge is 0.504 e. The molecule has 1 aromatic carbocycles. The number of nitrogens with two attached hydrogens (primary N) is 1. The summed E-state index contributed by atoms with van der Waals surface area (Å²) in [6.07, 6.45) is 0.721. The Labute approximate surface area is 321 Å². The Morgan fingerprint density at radius 3 is 2.43 bits per heavy atom. The van der Waals surface area contributed by atoms with Crippen LogP contribution in [0.15, 0.2) is 33.9 Å². The van der Waals surface area contributed by atoms with E-state index in [1.807, 2.05) is 6.92 Å². The zero-order chi connectivity index (χ0) is 39.4. The first-order valence-electron chi connectivity index (χ1n) is 17.0. The number of anilines is 1. The molecular weight excluding hydrogens is 768 g/mol. The highest BCUT2D eigenvalue weighted by Gasteiger charge is 2.57. The highest BCUT2D eigenvalue weighted by Crippen LogP contribution is 2.49. The van der Waals surface area contributed by atoms with Gasteiger partial charge in [0.1, 0.15) is 17.9 Å². The number of phenols is 2. The van der Waals surface area contributed by atoms with Gasteiger partial charge < -0.3 is 40.4 Å². The normalized spacial score (nSPS) is 25.5. The van der Waals surface area contributed by atoms with Gasteiger partial charge in [0, 0.05) is 41.5 Å². The number of rotatable bonds is 12. The van der Waals surface area contributed by atoms with Gasteiger partial charge in [0.25, 0.3) is 11.7 Å². The molecule has 4 fully saturated rings. The fraction of sp³-hybridized carbons (Fsp3) is 0.471. The van der Waals surface area contributed by atoms with Crippen LogP contribution in [0.2, 0.25) is 5.02 Å². The Kier molecular flexibility index (Phi) is 10.5. The standard InChI is InChI=1S/C34H37ClN6O11S2/c1-15-19(13-41-9-6-16(7-10-41)39(8-11-41)29(47)26(44)17-4-5-21(42)27(45)23(17)35)25(31(48)49)40-28(46)18(30(40)54-15)12-22(43)24(20-14-53-33(36)37-20)38-52-34(2,3)32(50)51/h4-5,14-16,18,30H,6-13H2,1-3H3,(H5-,36,37,38,42,43,44,45,47,48,49,50,51)/p+1/t15-,16?,18+,30+,41?/m0/s1. The van der Waals surface area contributed by atoms with Crippen LogP contribution >= 0.6 is 34.7 Å². The number of carbonyl (C=O) groups is 6. The summed E-state index contributed by atoms with van der Waals surface area (Å²) in [7, 11) is 0. The summed E-state index contributed by atoms with van der Waals surface area (Å²) in [5, 5.41) is 43.6. The van der Waals surface area contributed by atoms with Crippen LogP contribution in [0.3, 0.4) is 0 Å². The van der Waals surface area contributed by atoms with Crippen LogP contribution in [-0.4, -0.2) is 136 Å². The number of fused-ring (bicyclic) bond motifs is 5. The number of oxime groups is 1. The fourth-order valence-electron chi connectivity index (χ4n) is 7.30. The predicted molar refractivity (Wildman–Crippen MR) is 195 cm³/mol. The average molecular weight is 806 g/mol. The van der Waals surface area contributed by atoms with Crippen molar-refractivity contribution in [1.29, 1.82) is 0 Å². The first-order valence-corrected chi connectivity index (χ1v) is 19.2. The van der Waals surface area contributed by atoms with Gasteiger partial charge in [0.15, 0.2) is 28.1 Å². The van der Waals surface area contributed by atoms with E-state index in [2.05, 4.69) is 10.1 Å². The number of nitrogen functional groups attached to an aromatic ring is 1. The van der Waals surface area contributed by atoms with Gasteiger partial charge in [-0.05, 0) is 32.9 Å². The number of piperidine rings is 1. The van der Waals surface area contributed by atoms with Gasteiger partial charge in [0.2, 0.25) is 11.5 Å². The summed E-state index contributed by atoms with van der Waals surface area (Å²) in [6, 6.07) is 2.01. The van der Waals surface area contributed by atoms with Crippen LogP contribution in [0.25, 0.3) is 0 Å². The molecule has 5 aliphatic heterocycles. The second-order valence-corrected chi connectivity index (χ2v) is 17.0. The molecule has 6 N–H and O–H groups in total. The SMILES string of the molecule is C[C@@H]1S[C@@H]2[C@H](CC(=O)/C(=N\OC(C)(C)C(=O)O)c3csc(N)n3)C(=O)N2C(C(=O)O)=C1C[N+]12CCC(CC1)N(C(=O)C(=O)c1ccc(O)c(O)c1Cl)CC2. The summed E-state index contributed by atoms with van der Waals surface area (Å²) in [5.74, 6) is -7.68. The molecule has 288 valence electrons. The maximum atomic E-state index is 13.7. The molecule has 0 unspecified atom stereocenters. The van der Waals surface area contributed by atoms with Gasteiger partial charge in [-0.1, -0.05) is 16.8 Å². The molecule has 2 amide bonds. The molecule has 17 nitrogen and oxygen atoms in total. The van der Waals surface area contributed by atoms with E-state index in [-0.39, 0.29) is 58.6 Å². The lowest BCUT2D eigenvalue weighted by Gasteiger charge is -2.52. The van der Waals surface area contributed by atoms with Gasteiger partial charge in [-0.2, -0.15) is 0 Å². The Balaban J connectivity index is 1.19. The van der Waals surface area contributed by atoms with E-state index < -0.39 is 68.7 Å². The Morgan fingerprint density at radius 2 is 1.81 bits per heavy atom. The molecule has 6 heterocycles. The maximum absolute atomic E-state index is 13.7. The highest BCUT2D eigenvalue weighted by atomic mass is 35.5. The number of aromatic nitrogens is 1. The zero-order valence-electron chi connectivity index (χ0n) is 29.4. The lowest BCUT2D eigenvalue weighted by molar-refractivity contribution is -0.925. The molecule has 2 bridgehead atoms. The van der Waals surface area contributed by atoms with Crippen molar-refractivity contribution < 1.29 is 58.5 Å². The van der Waals surface area contributed by atoms with E-state index in [1.54, 1.807) is 0 Å². The van der Waals surface area contributed by atoms with Crippen LogP contribution in [0, 0.1) is 5.92 Å². The number of carboxylic acid groups (broad SMARTS) is 2. The number of aromatic hydroxyl groups is 2. The third-order valence-corrected chi connectivity index (χ3v) is 13.0. The first kappa shape index (κ1) is 39.0. The minimum absolute atomic E-state index is 0.0496. The fourth-order valence-corrected chi connectivity index (χ4v) is 9.60. The summed E-state index contributed by atoms with van der Waals surface area (Å²) < 4.78 is 0.435. The molecule has 54 heavy (non-hydrogen) atoms. The van der Waals surface area contributed by atoms with E-state index >= 15 is 0 Å². The Morgan fingerprint density at radius 1 is 1.13 bits per heavy atom. The summed E-state index contributed by atoms with van der Waals surface area (Å²) in [5.41, 5.74) is 3.89. The molecule has 2 aromatic rings. The molecule has 20 heteroatoms. The highest BCUT2D eigenvalue weighted by molar-refractivity contribution is 8.00. The van der Waals surface area contributed by atoms with Crippen LogP contribution < -0.4 is 5.73 Å². The van der Waals surface area contributed by atoms with Crippen molar-refractivity contribution >= 4 is 80.9 Å². The predicted octanol–water partition coefficient (Wildman–Crippen LogP) is 2.30. The molecule has 0 radical (unpaired) electrons. The average Bonchev–Trinajstić information content (AvgIpc) is 3.37. The maximum Gasteiger partial charge on any atom is 0.352 e. The molecule has 3 atom stereocenters. The second kappa shape index (κ2) is 14.5. The van der Waals surface area contributed by atoms with E-state index in [4.69, 9.17) is 22.2 Å². The van der Waals surface area contributed by atoms with Crippen molar-refractivity contribution in [2.75, 3.05) is 38.5 Å². The third-order valence-electron chi connectivity index (χ3n) is 10.5. The number of carboxylic acids is 2. The molecule has 4 saturated heterocycles. The molecule has 1 aromatic heterocycles. The smallest absolute Gasteiger partial charge is 0.352 e. The number of Topliss-reactive ketones (excluding diaryl/α,β-unsaturated/α-hetero) is 2. The number of ketones is 2. The van der Waals surface area contributed by atoms with Crippen LogP contribution in [-0.2, 0) is 28.8 Å². The minimum atomic E-state index is -1.78. The summed E-state index contributed by atoms with van der Waals surface area (Å²) >= 11 is 8.47. The number of nitrogens with zero attached hydrogens (tertiary/aromatic N) is 5. The molecule has 0 aliphatic carbocycles. The number of hydrogen-bond donors (Lipinski definition) is 5. The first-order chi connectivity index (χ1) is 25.4. The number of phenolic OH excluding ortho intramolecular Hbond substituents is 2. The lowest BCUT2D eigenvalue weighted by atomic mass is 9.88. The summed E-state index contributed by atoms with van der Waals surface area (Å²) in [6.45, 7) is 6.43. The minimum Gasteiger partial charge on any atom is -0.504 e. The van der Waals surface area contributed by atoms with Gasteiger partial charge in [-0.3, -0.25) is 24.1 Å². The van der Waals surface area contributed by atoms with Crippen molar-refractivity contribution in [2.45, 2.75) is 62.3 Å². The Hall–Kier alpha value is -4.72. The number of thioether (sulfide) groups is 1. The number of carbonyl (C=O) groups excluding carboxylic acids is 4. The van der Waals surface area contributed by atoms with Gasteiger partial charge >= 0.3 is 11.9 Å². The number of aliphatic carboxylic acids is 2. The van der Waals surface area contributed by atoms with Crippen molar-refractivity contribution in [3.8, 4) is 11.5 Å². The zero-order valence-corrected chi connectivity index (χ0v) is 31.7. The number of hydrogen-bond acceptors (Lipinski definition) is 14. The van der Waals surface area contributed by atoms with Gasteiger partial charge in [-0.15, -0.1) is 23.1 Å². The van der Waals surface area contributed by atoms with E-state index in [0.717, 1.165) is 17.4 Å². The topological polar surface area (TPSA) is 250 Å². The molecule has 0 saturated carbocycles. The molecular formula is C34H38ClN6O11S2+. The Bertz CT molecular complexity index is 2020. The molecule has 7 rings (SSSR count). The number of halogens is 1. The van der Waals surface area contributed by atoms with E-state index in [1.165, 1.54) is 46.9 Å². The van der Waals surface area contributed by atoms with Crippen molar-refractivity contribution in [2.24, 2.45) is 11.1 Å². The number of benzene rings is 1. The van der Waals surface area contributed by atoms with Crippen LogP contribution in [0.1, 0.15) is 56.1 Å². The summed E-state index contributed by atoms with van der Waals surface area (Å²) in [4.78, 5) is 90.5. The lowest BCUT2D eigenvalue weighted by Crippen LogP contribution is -2.64. The number of quaternary nitrogens is 1. The van der Waals surface area contributed by atoms with Gasteiger partial charge in [0.05, 0.1) is 48.1 Å². The van der Waals surface area contributed by atoms with Crippen LogP contribution in [0.4, 0.5) is 5.13 Å². The number of β-lactam (4-membered cyclic amide) rings is 1. The van der Waals surface area contributed by atoms with Crippen molar-refractivity contribution in [3.63, 3.8) is 0 Å². The van der Waals surface area contributed by atoms with E-state index in [0.29, 0.717) is 42.5 Å². The van der Waals surface area contributed by atoms with Crippen LogP contribution in [0.5, 0.6) is 11.5 Å². The monoisotopic (exact) mass is 805 g/mol. The molecule has 0 spiro atoms. The number of amides is 2.